The number of primary amides is 1. The van der Waals surface area contributed by atoms with Gasteiger partial charge in [-0.1, -0.05) is 18.2 Å². The fourth-order valence-electron chi connectivity index (χ4n) is 2.15. The summed E-state index contributed by atoms with van der Waals surface area (Å²) in [7, 11) is -3.82. The lowest BCUT2D eigenvalue weighted by molar-refractivity contribution is 0.1000. The molecule has 0 fully saturated rings. The number of carbonyl (C=O) groups is 1. The van der Waals surface area contributed by atoms with Crippen molar-refractivity contribution in [1.29, 1.82) is 0 Å². The van der Waals surface area contributed by atoms with Crippen molar-refractivity contribution in [3.63, 3.8) is 0 Å². The van der Waals surface area contributed by atoms with E-state index in [1.54, 1.807) is 6.07 Å². The zero-order chi connectivity index (χ0) is 17.2. The lowest BCUT2D eigenvalue weighted by atomic mass is 10.2. The van der Waals surface area contributed by atoms with Crippen molar-refractivity contribution >= 4 is 21.7 Å². The van der Waals surface area contributed by atoms with Crippen LogP contribution in [0.15, 0.2) is 71.8 Å². The van der Waals surface area contributed by atoms with Crippen molar-refractivity contribution in [2.24, 2.45) is 5.73 Å². The normalized spacial score (nSPS) is 11.2. The van der Waals surface area contributed by atoms with Gasteiger partial charge in [-0.15, -0.1) is 0 Å². The van der Waals surface area contributed by atoms with E-state index in [-0.39, 0.29) is 10.5 Å². The first-order chi connectivity index (χ1) is 11.5. The highest BCUT2D eigenvalue weighted by Crippen LogP contribution is 2.19. The van der Waals surface area contributed by atoms with Crippen LogP contribution in [0, 0.1) is 0 Å². The molecule has 7 nitrogen and oxygen atoms in total. The minimum Gasteiger partial charge on any atom is -0.366 e. The predicted octanol–water partition coefficient (Wildman–Crippen LogP) is 1.77. The Kier molecular flexibility index (Phi) is 4.05. The molecule has 0 aliphatic carbocycles. The lowest BCUT2D eigenvalue weighted by Crippen LogP contribution is -2.16. The van der Waals surface area contributed by atoms with Crippen LogP contribution in [0.2, 0.25) is 0 Å². The smallest absolute Gasteiger partial charge is 0.263 e. The molecule has 0 saturated heterocycles. The Hall–Kier alpha value is -3.13. The average molecular weight is 342 g/mol. The Balaban J connectivity index is 1.91. The van der Waals surface area contributed by atoms with E-state index in [0.717, 1.165) is 5.69 Å². The van der Waals surface area contributed by atoms with Crippen LogP contribution in [-0.2, 0) is 10.0 Å². The third kappa shape index (κ3) is 3.13. The largest absolute Gasteiger partial charge is 0.366 e. The van der Waals surface area contributed by atoms with Crippen LogP contribution in [0.1, 0.15) is 10.4 Å². The molecule has 0 bridgehead atoms. The third-order valence-electron chi connectivity index (χ3n) is 3.33. The van der Waals surface area contributed by atoms with Crippen LogP contribution in [0.25, 0.3) is 5.69 Å². The van der Waals surface area contributed by atoms with Crippen molar-refractivity contribution in [3.05, 3.63) is 72.4 Å². The van der Waals surface area contributed by atoms with Gasteiger partial charge in [-0.3, -0.25) is 9.52 Å². The quantitative estimate of drug-likeness (QED) is 0.737. The fraction of sp³-hybridized carbons (Fsp3) is 0. The number of hydrogen-bond donors (Lipinski definition) is 2. The maximum atomic E-state index is 12.5. The van der Waals surface area contributed by atoms with Crippen molar-refractivity contribution in [1.82, 2.24) is 9.78 Å². The number of benzene rings is 2. The predicted molar refractivity (Wildman–Crippen MR) is 89.3 cm³/mol. The monoisotopic (exact) mass is 342 g/mol. The summed E-state index contributed by atoms with van der Waals surface area (Å²) in [5.74, 6) is -0.311. The second kappa shape index (κ2) is 6.17. The van der Waals surface area contributed by atoms with Gasteiger partial charge in [-0.05, 0) is 36.4 Å². The Bertz CT molecular complexity index is 964. The number of hydrogen-bond acceptors (Lipinski definition) is 4. The second-order valence-electron chi connectivity index (χ2n) is 4.96. The number of nitrogens with zero attached hydrogens (tertiary/aromatic N) is 2. The minimum absolute atomic E-state index is 0.0216. The Labute approximate surface area is 138 Å². The Morgan fingerprint density at radius 1 is 1.00 bits per heavy atom. The molecule has 3 rings (SSSR count). The van der Waals surface area contributed by atoms with Gasteiger partial charge >= 0.3 is 0 Å². The van der Waals surface area contributed by atoms with E-state index in [1.807, 2.05) is 30.3 Å². The molecule has 0 aliphatic heterocycles. The second-order valence-corrected chi connectivity index (χ2v) is 6.64. The van der Waals surface area contributed by atoms with Gasteiger partial charge in [-0.25, -0.2) is 13.1 Å². The molecule has 0 saturated carbocycles. The van der Waals surface area contributed by atoms with Crippen molar-refractivity contribution in [3.8, 4) is 5.69 Å². The maximum Gasteiger partial charge on any atom is 0.263 e. The zero-order valence-corrected chi connectivity index (χ0v) is 13.3. The number of rotatable bonds is 5. The summed E-state index contributed by atoms with van der Waals surface area (Å²) >= 11 is 0. The summed E-state index contributed by atoms with van der Waals surface area (Å²) < 4.78 is 29.0. The number of nitrogens with one attached hydrogen (secondary N) is 1. The summed E-state index contributed by atoms with van der Waals surface area (Å²) in [4.78, 5) is 11.1. The van der Waals surface area contributed by atoms with E-state index >= 15 is 0 Å². The molecule has 0 unspecified atom stereocenters. The molecule has 0 atom stereocenters. The number of anilines is 1. The first-order valence-electron chi connectivity index (χ1n) is 6.99. The molecule has 8 heteroatoms. The van der Waals surface area contributed by atoms with E-state index in [4.69, 9.17) is 5.73 Å². The van der Waals surface area contributed by atoms with E-state index in [0.29, 0.717) is 5.82 Å². The van der Waals surface area contributed by atoms with Gasteiger partial charge in [0.2, 0.25) is 5.91 Å². The number of nitrogens with two attached hydrogens (primary N) is 1. The molecule has 3 N–H and O–H groups in total. The molecule has 3 aromatic rings. The molecule has 2 aromatic carbocycles. The highest BCUT2D eigenvalue weighted by atomic mass is 32.2. The molecule has 1 amide bonds. The summed E-state index contributed by atoms with van der Waals surface area (Å²) in [6.07, 6.45) is 1.50. The highest BCUT2D eigenvalue weighted by Gasteiger charge is 2.17. The van der Waals surface area contributed by atoms with E-state index in [2.05, 4.69) is 9.82 Å². The minimum atomic E-state index is -3.82. The molecule has 122 valence electrons. The number of aromatic nitrogens is 2. The van der Waals surface area contributed by atoms with Crippen molar-refractivity contribution in [2.45, 2.75) is 4.90 Å². The summed E-state index contributed by atoms with van der Waals surface area (Å²) in [5.41, 5.74) is 6.12. The number of para-hydroxylation sites is 1. The number of carbonyl (C=O) groups excluding carboxylic acids is 1. The number of amides is 1. The van der Waals surface area contributed by atoms with Crippen molar-refractivity contribution in [2.75, 3.05) is 4.72 Å². The van der Waals surface area contributed by atoms with Gasteiger partial charge in [0.15, 0.2) is 0 Å². The average Bonchev–Trinajstić information content (AvgIpc) is 3.03. The first-order valence-corrected chi connectivity index (χ1v) is 8.48. The molecule has 24 heavy (non-hydrogen) atoms. The van der Waals surface area contributed by atoms with Crippen LogP contribution in [0.5, 0.6) is 0 Å². The van der Waals surface area contributed by atoms with Crippen LogP contribution >= 0.6 is 0 Å². The van der Waals surface area contributed by atoms with Gasteiger partial charge < -0.3 is 5.73 Å². The van der Waals surface area contributed by atoms with Gasteiger partial charge in [-0.2, -0.15) is 5.10 Å². The summed E-state index contributed by atoms with van der Waals surface area (Å²) in [6.45, 7) is 0. The SMILES string of the molecule is NC(=O)c1ccc(S(=O)(=O)Nc2ccnn2-c2ccccc2)cc1. The third-order valence-corrected chi connectivity index (χ3v) is 4.70. The molecule has 0 radical (unpaired) electrons. The van der Waals surface area contributed by atoms with Crippen molar-refractivity contribution < 1.29 is 13.2 Å². The topological polar surface area (TPSA) is 107 Å². The van der Waals surface area contributed by atoms with Gasteiger partial charge in [0.05, 0.1) is 16.8 Å². The Morgan fingerprint density at radius 3 is 2.29 bits per heavy atom. The van der Waals surface area contributed by atoms with Crippen LogP contribution in [0.3, 0.4) is 0 Å². The van der Waals surface area contributed by atoms with Crippen LogP contribution in [-0.4, -0.2) is 24.1 Å². The number of sulfonamides is 1. The highest BCUT2D eigenvalue weighted by molar-refractivity contribution is 7.92. The molecule has 0 spiro atoms. The Morgan fingerprint density at radius 2 is 1.67 bits per heavy atom. The summed E-state index contributed by atoms with van der Waals surface area (Å²) in [6, 6.07) is 16.1. The van der Waals surface area contributed by atoms with Crippen LogP contribution < -0.4 is 10.5 Å². The molecule has 0 aliphatic rings. The molecular weight excluding hydrogens is 328 g/mol. The zero-order valence-electron chi connectivity index (χ0n) is 12.5. The summed E-state index contributed by atoms with van der Waals surface area (Å²) in [5, 5.41) is 4.13. The van der Waals surface area contributed by atoms with E-state index < -0.39 is 15.9 Å². The fourth-order valence-corrected chi connectivity index (χ4v) is 3.19. The molecular formula is C16H14N4O3S. The maximum absolute atomic E-state index is 12.5. The van der Waals surface area contributed by atoms with Crippen LogP contribution in [0.4, 0.5) is 5.82 Å². The molecule has 1 heterocycles. The lowest BCUT2D eigenvalue weighted by Gasteiger charge is -2.11. The van der Waals surface area contributed by atoms with Gasteiger partial charge in [0.25, 0.3) is 10.0 Å². The van der Waals surface area contributed by atoms with Gasteiger partial charge in [0.1, 0.15) is 5.82 Å². The van der Waals surface area contributed by atoms with Gasteiger partial charge in [0, 0.05) is 11.6 Å². The standard InChI is InChI=1S/C16H14N4O3S/c17-16(21)12-6-8-14(9-7-12)24(22,23)19-15-10-11-18-20(15)13-4-2-1-3-5-13/h1-11,19H,(H2,17,21). The molecule has 1 aromatic heterocycles. The van der Waals surface area contributed by atoms with E-state index in [9.17, 15) is 13.2 Å². The van der Waals surface area contributed by atoms with E-state index in [1.165, 1.54) is 35.1 Å². The first kappa shape index (κ1) is 15.8.